The molecule has 0 aliphatic heterocycles. The first kappa shape index (κ1) is 38.5. The molecule has 0 aliphatic carbocycles. The van der Waals surface area contributed by atoms with Crippen LogP contribution in [0.2, 0.25) is 0 Å². The van der Waals surface area contributed by atoms with Gasteiger partial charge in [-0.15, -0.1) is 0 Å². The molecule has 0 saturated carbocycles. The van der Waals surface area contributed by atoms with Crippen molar-refractivity contribution in [3.63, 3.8) is 0 Å². The zero-order valence-electron chi connectivity index (χ0n) is 27.9. The average molecular weight is 685 g/mol. The van der Waals surface area contributed by atoms with Crippen LogP contribution in [0.25, 0.3) is 17.2 Å². The van der Waals surface area contributed by atoms with E-state index in [2.05, 4.69) is 17.9 Å². The van der Waals surface area contributed by atoms with E-state index in [4.69, 9.17) is 23.7 Å². The molecule has 0 bridgehead atoms. The van der Waals surface area contributed by atoms with Crippen molar-refractivity contribution in [3.05, 3.63) is 115 Å². The summed E-state index contributed by atoms with van der Waals surface area (Å²) in [5.41, 5.74) is 3.17. The van der Waals surface area contributed by atoms with Gasteiger partial charge >= 0.3 is 24.1 Å². The summed E-state index contributed by atoms with van der Waals surface area (Å²) in [4.78, 5) is 58.7. The molecule has 0 amide bonds. The Hall–Kier alpha value is -5.97. The maximum atomic E-state index is 12.8. The van der Waals surface area contributed by atoms with Gasteiger partial charge in [0, 0.05) is 17.2 Å². The van der Waals surface area contributed by atoms with Gasteiger partial charge in [-0.25, -0.2) is 14.4 Å². The summed E-state index contributed by atoms with van der Waals surface area (Å²) in [7, 11) is 1.24. The molecule has 0 aliphatic rings. The molecule has 11 heteroatoms. The van der Waals surface area contributed by atoms with Crippen LogP contribution in [0.1, 0.15) is 48.0 Å². The van der Waals surface area contributed by atoms with Crippen LogP contribution >= 0.6 is 0 Å². The van der Waals surface area contributed by atoms with E-state index < -0.39 is 24.1 Å². The third-order valence-corrected chi connectivity index (χ3v) is 6.95. The van der Waals surface area contributed by atoms with Gasteiger partial charge in [0.15, 0.2) is 5.78 Å². The second kappa shape index (κ2) is 21.1. The van der Waals surface area contributed by atoms with E-state index >= 15 is 0 Å². The summed E-state index contributed by atoms with van der Waals surface area (Å²) < 4.78 is 30.4. The molecule has 0 atom stereocenters. The van der Waals surface area contributed by atoms with Crippen LogP contribution in [0.4, 0.5) is 4.79 Å². The lowest BCUT2D eigenvalue weighted by Gasteiger charge is -2.08. The van der Waals surface area contributed by atoms with Crippen molar-refractivity contribution in [1.82, 2.24) is 0 Å². The van der Waals surface area contributed by atoms with Crippen LogP contribution in [0, 0.1) is 0 Å². The summed E-state index contributed by atoms with van der Waals surface area (Å²) in [5.74, 6) is -0.812. The van der Waals surface area contributed by atoms with Gasteiger partial charge in [0.25, 0.3) is 0 Å². The van der Waals surface area contributed by atoms with E-state index in [1.165, 1.54) is 13.2 Å². The van der Waals surface area contributed by atoms with Crippen molar-refractivity contribution in [3.8, 4) is 22.6 Å². The first-order chi connectivity index (χ1) is 24.2. The van der Waals surface area contributed by atoms with Crippen molar-refractivity contribution in [2.75, 3.05) is 33.5 Å². The SMILES string of the molecule is C=CC(=O)OCCCCOC(=O)Oc1ccc(-c2ccc(C(=O)/C=C/c3ccc(OCCCCOC(=O)C(=C)CC(=O)OC)cc3)cc2)cc1. The van der Waals surface area contributed by atoms with E-state index in [9.17, 15) is 24.0 Å². The molecule has 3 rings (SSSR count). The van der Waals surface area contributed by atoms with E-state index in [0.717, 1.165) is 22.8 Å². The molecule has 262 valence electrons. The fourth-order valence-electron chi connectivity index (χ4n) is 4.18. The zero-order valence-corrected chi connectivity index (χ0v) is 27.9. The Morgan fingerprint density at radius 3 is 1.86 bits per heavy atom. The largest absolute Gasteiger partial charge is 0.513 e. The van der Waals surface area contributed by atoms with Crippen LogP contribution < -0.4 is 9.47 Å². The second-order valence-electron chi connectivity index (χ2n) is 10.7. The highest BCUT2D eigenvalue weighted by molar-refractivity contribution is 6.07. The molecule has 0 aromatic heterocycles. The predicted octanol–water partition coefficient (Wildman–Crippen LogP) is 7.10. The van der Waals surface area contributed by atoms with Gasteiger partial charge in [-0.3, -0.25) is 9.59 Å². The maximum absolute atomic E-state index is 12.8. The normalized spacial score (nSPS) is 10.5. The Balaban J connectivity index is 1.36. The fraction of sp³-hybridized carbons (Fsp3) is 0.256. The van der Waals surface area contributed by atoms with E-state index in [-0.39, 0.29) is 37.6 Å². The number of unbranched alkanes of at least 4 members (excludes halogenated alkanes) is 2. The highest BCUT2D eigenvalue weighted by atomic mass is 16.7. The Labute approximate surface area is 291 Å². The highest BCUT2D eigenvalue weighted by Crippen LogP contribution is 2.24. The molecule has 0 radical (unpaired) electrons. The molecule has 50 heavy (non-hydrogen) atoms. The van der Waals surface area contributed by atoms with Gasteiger partial charge in [0.05, 0.1) is 40.0 Å². The van der Waals surface area contributed by atoms with E-state index in [1.807, 2.05) is 36.4 Å². The summed E-state index contributed by atoms with van der Waals surface area (Å²) in [6, 6.07) is 21.4. The minimum Gasteiger partial charge on any atom is -0.494 e. The molecule has 0 unspecified atom stereocenters. The van der Waals surface area contributed by atoms with Crippen molar-refractivity contribution >= 4 is 35.9 Å². The minimum atomic E-state index is -0.825. The molecule has 0 N–H and O–H groups in total. The number of allylic oxidation sites excluding steroid dienone is 1. The molecular formula is C39H40O11. The number of ether oxygens (including phenoxy) is 6. The van der Waals surface area contributed by atoms with Crippen LogP contribution in [-0.2, 0) is 33.3 Å². The minimum absolute atomic E-state index is 0.0488. The Bertz CT molecular complexity index is 1640. The molecule has 0 heterocycles. The Kier molecular flexibility index (Phi) is 16.2. The highest BCUT2D eigenvalue weighted by Gasteiger charge is 2.13. The smallest absolute Gasteiger partial charge is 0.494 e. The van der Waals surface area contributed by atoms with E-state index in [0.29, 0.717) is 49.4 Å². The topological polar surface area (TPSA) is 141 Å². The van der Waals surface area contributed by atoms with E-state index in [1.54, 1.807) is 42.5 Å². The third-order valence-electron chi connectivity index (χ3n) is 6.95. The summed E-state index contributed by atoms with van der Waals surface area (Å²) >= 11 is 0. The monoisotopic (exact) mass is 684 g/mol. The molecule has 0 saturated heterocycles. The molecule has 3 aromatic rings. The molecule has 11 nitrogen and oxygen atoms in total. The number of carbonyl (C=O) groups excluding carboxylic acids is 5. The number of benzene rings is 3. The number of esters is 3. The molecule has 3 aromatic carbocycles. The van der Waals surface area contributed by atoms with Crippen molar-refractivity contribution in [2.24, 2.45) is 0 Å². The quantitative estimate of drug-likeness (QED) is 0.0301. The predicted molar refractivity (Wildman–Crippen MR) is 186 cm³/mol. The Morgan fingerprint density at radius 1 is 0.680 bits per heavy atom. The van der Waals surface area contributed by atoms with Gasteiger partial charge in [-0.2, -0.15) is 0 Å². The molecule has 0 fully saturated rings. The fourth-order valence-corrected chi connectivity index (χ4v) is 4.18. The standard InChI is InChI=1S/C39H40O11/c1-4-36(41)47-24-6-8-26-49-39(44)50-34-20-16-31(17-21-34)30-12-14-32(15-13-30)35(40)22-11-29-9-18-33(19-10-29)46-23-5-7-25-48-38(43)28(2)27-37(42)45-3/h4,9-22H,1-2,5-8,23-27H2,3H3/b22-11+. The van der Waals surface area contributed by atoms with Gasteiger partial charge < -0.3 is 28.4 Å². The lowest BCUT2D eigenvalue weighted by molar-refractivity contribution is -0.144. The van der Waals surface area contributed by atoms with Gasteiger partial charge in [-0.1, -0.05) is 67.8 Å². The van der Waals surface area contributed by atoms with Crippen LogP contribution in [-0.4, -0.2) is 63.4 Å². The number of hydrogen-bond donors (Lipinski definition) is 0. The van der Waals surface area contributed by atoms with Crippen LogP contribution in [0.15, 0.2) is 104 Å². The van der Waals surface area contributed by atoms with Crippen molar-refractivity contribution in [2.45, 2.75) is 32.1 Å². The Morgan fingerprint density at radius 2 is 1.24 bits per heavy atom. The first-order valence-corrected chi connectivity index (χ1v) is 15.9. The maximum Gasteiger partial charge on any atom is 0.513 e. The second-order valence-corrected chi connectivity index (χ2v) is 10.7. The lowest BCUT2D eigenvalue weighted by atomic mass is 10.0. The van der Waals surface area contributed by atoms with Crippen molar-refractivity contribution < 1.29 is 52.4 Å². The van der Waals surface area contributed by atoms with Crippen molar-refractivity contribution in [1.29, 1.82) is 0 Å². The summed E-state index contributed by atoms with van der Waals surface area (Å²) in [6.45, 7) is 7.82. The number of hydrogen-bond acceptors (Lipinski definition) is 11. The van der Waals surface area contributed by atoms with Crippen LogP contribution in [0.5, 0.6) is 11.5 Å². The molecular weight excluding hydrogens is 644 g/mol. The summed E-state index contributed by atoms with van der Waals surface area (Å²) in [6.07, 6.45) is 5.60. The number of carbonyl (C=O) groups is 5. The number of rotatable bonds is 20. The van der Waals surface area contributed by atoms with Gasteiger partial charge in [0.1, 0.15) is 11.5 Å². The first-order valence-electron chi connectivity index (χ1n) is 15.9. The third kappa shape index (κ3) is 14.0. The summed E-state index contributed by atoms with van der Waals surface area (Å²) in [5, 5.41) is 0. The zero-order chi connectivity index (χ0) is 36.1. The number of ketones is 1. The number of methoxy groups -OCH3 is 1. The lowest BCUT2D eigenvalue weighted by Crippen LogP contribution is -2.13. The van der Waals surface area contributed by atoms with Crippen LogP contribution in [0.3, 0.4) is 0 Å². The molecule has 0 spiro atoms. The van der Waals surface area contributed by atoms with Gasteiger partial charge in [-0.05, 0) is 72.7 Å². The van der Waals surface area contributed by atoms with Gasteiger partial charge in [0.2, 0.25) is 0 Å². The average Bonchev–Trinajstić information content (AvgIpc) is 3.13.